The molecule has 0 spiro atoms. The Morgan fingerprint density at radius 3 is 2.71 bits per heavy atom. The van der Waals surface area contributed by atoms with E-state index in [1.165, 1.54) is 0 Å². The molecule has 28 heavy (non-hydrogen) atoms. The van der Waals surface area contributed by atoms with Crippen LogP contribution in [0.3, 0.4) is 0 Å². The first-order valence-corrected chi connectivity index (χ1v) is 9.02. The zero-order chi connectivity index (χ0) is 19.3. The molecule has 2 aromatic carbocycles. The lowest BCUT2D eigenvalue weighted by molar-refractivity contribution is 0.0662. The quantitative estimate of drug-likeness (QED) is 0.868. The van der Waals surface area contributed by atoms with E-state index in [4.69, 9.17) is 25.0 Å². The Hall–Kier alpha value is -3.66. The van der Waals surface area contributed by atoms with Crippen LogP contribution in [0.4, 0.5) is 5.69 Å². The maximum absolute atomic E-state index is 9.80. The highest BCUT2D eigenvalue weighted by atomic mass is 16.7. The van der Waals surface area contributed by atoms with E-state index in [0.717, 1.165) is 17.0 Å². The Bertz CT molecular complexity index is 1040. The summed E-state index contributed by atoms with van der Waals surface area (Å²) in [5, 5.41) is 16.4. The molecular weight excluding hydrogens is 356 g/mol. The predicted molar refractivity (Wildman–Crippen MR) is 103 cm³/mol. The van der Waals surface area contributed by atoms with Gasteiger partial charge in [-0.25, -0.2) is 5.01 Å². The van der Waals surface area contributed by atoms with Crippen molar-refractivity contribution >= 4 is 11.4 Å². The topological polar surface area (TPSA) is 93.1 Å². The summed E-state index contributed by atoms with van der Waals surface area (Å²) >= 11 is 0. The fourth-order valence-corrected chi connectivity index (χ4v) is 4.10. The predicted octanol–water partition coefficient (Wildman–Crippen LogP) is 3.06. The van der Waals surface area contributed by atoms with Gasteiger partial charge in [0.15, 0.2) is 11.5 Å². The number of nitrogens with zero attached hydrogens (tertiary/aromatic N) is 3. The van der Waals surface area contributed by atoms with E-state index < -0.39 is 6.23 Å². The number of hydrogen-bond acceptors (Lipinski definition) is 7. The molecule has 2 aromatic rings. The Balaban J connectivity index is 1.61. The van der Waals surface area contributed by atoms with Crippen LogP contribution in [0.2, 0.25) is 0 Å². The first-order valence-electron chi connectivity index (χ1n) is 9.02. The van der Waals surface area contributed by atoms with E-state index in [-0.39, 0.29) is 24.5 Å². The second-order valence-corrected chi connectivity index (χ2v) is 6.94. The van der Waals surface area contributed by atoms with Gasteiger partial charge in [-0.05, 0) is 36.8 Å². The molecule has 3 aliphatic rings. The Morgan fingerprint density at radius 2 is 1.93 bits per heavy atom. The number of hydrogen-bond donors (Lipinski definition) is 1. The molecule has 0 saturated carbocycles. The highest BCUT2D eigenvalue weighted by Gasteiger charge is 2.49. The van der Waals surface area contributed by atoms with Crippen molar-refractivity contribution in [2.45, 2.75) is 19.1 Å². The van der Waals surface area contributed by atoms with Crippen molar-refractivity contribution in [1.29, 1.82) is 5.26 Å². The third-order valence-electron chi connectivity index (χ3n) is 5.38. The minimum absolute atomic E-state index is 0.136. The minimum atomic E-state index is -0.421. The molecule has 0 aromatic heterocycles. The minimum Gasteiger partial charge on any atom is -0.454 e. The first kappa shape index (κ1) is 16.5. The lowest BCUT2D eigenvalue weighted by Crippen LogP contribution is -2.43. The largest absolute Gasteiger partial charge is 0.454 e. The van der Waals surface area contributed by atoms with Crippen molar-refractivity contribution in [3.05, 3.63) is 65.6 Å². The van der Waals surface area contributed by atoms with Crippen LogP contribution >= 0.6 is 0 Å². The summed E-state index contributed by atoms with van der Waals surface area (Å²) in [6.45, 7) is 2.16. The SMILES string of the molecule is CC1=NN(c2ccccc2)[C@@H]2OC(N)=C(C#N)[C@@H](c3ccc4c(c3)OCO4)[C@H]12. The summed E-state index contributed by atoms with van der Waals surface area (Å²) < 4.78 is 16.9. The van der Waals surface area contributed by atoms with E-state index in [0.29, 0.717) is 17.1 Å². The summed E-state index contributed by atoms with van der Waals surface area (Å²) in [4.78, 5) is 0. The third kappa shape index (κ3) is 2.38. The normalized spacial score (nSPS) is 25.1. The molecular formula is C21H18N4O3. The summed E-state index contributed by atoms with van der Waals surface area (Å²) in [6.07, 6.45) is -0.421. The number of hydrazone groups is 1. The number of anilines is 1. The average Bonchev–Trinajstić information content (AvgIpc) is 3.31. The van der Waals surface area contributed by atoms with Gasteiger partial charge in [0, 0.05) is 11.6 Å². The number of allylic oxidation sites excluding steroid dienone is 1. The summed E-state index contributed by atoms with van der Waals surface area (Å²) in [7, 11) is 0. The van der Waals surface area contributed by atoms with E-state index in [9.17, 15) is 5.26 Å². The molecule has 0 fully saturated rings. The van der Waals surface area contributed by atoms with Gasteiger partial charge in [0.05, 0.1) is 17.2 Å². The van der Waals surface area contributed by atoms with Gasteiger partial charge in [-0.1, -0.05) is 24.3 Å². The highest BCUT2D eigenvalue weighted by Crippen LogP contribution is 2.47. The molecule has 7 heteroatoms. The second kappa shape index (κ2) is 6.20. The molecule has 0 unspecified atom stereocenters. The van der Waals surface area contributed by atoms with Crippen LogP contribution < -0.4 is 20.2 Å². The summed E-state index contributed by atoms with van der Waals surface area (Å²) in [5.74, 6) is 1.07. The van der Waals surface area contributed by atoms with E-state index in [1.54, 1.807) is 0 Å². The monoisotopic (exact) mass is 374 g/mol. The number of rotatable bonds is 2. The second-order valence-electron chi connectivity index (χ2n) is 6.94. The number of fused-ring (bicyclic) bond motifs is 2. The molecule has 2 N–H and O–H groups in total. The van der Waals surface area contributed by atoms with Crippen LogP contribution in [0.1, 0.15) is 18.4 Å². The van der Waals surface area contributed by atoms with Crippen LogP contribution in [0.25, 0.3) is 0 Å². The Kier molecular flexibility index (Phi) is 3.66. The van der Waals surface area contributed by atoms with Crippen LogP contribution in [-0.2, 0) is 4.74 Å². The van der Waals surface area contributed by atoms with Gasteiger partial charge >= 0.3 is 0 Å². The number of nitriles is 1. The van der Waals surface area contributed by atoms with Crippen molar-refractivity contribution in [3.8, 4) is 17.6 Å². The van der Waals surface area contributed by atoms with Gasteiger partial charge in [0.25, 0.3) is 0 Å². The van der Waals surface area contributed by atoms with Crippen molar-refractivity contribution in [1.82, 2.24) is 0 Å². The molecule has 0 radical (unpaired) electrons. The molecule has 140 valence electrons. The van der Waals surface area contributed by atoms with Crippen LogP contribution in [0.5, 0.6) is 11.5 Å². The fraction of sp³-hybridized carbons (Fsp3) is 0.238. The molecule has 3 heterocycles. The maximum atomic E-state index is 9.80. The van der Waals surface area contributed by atoms with Crippen molar-refractivity contribution < 1.29 is 14.2 Å². The lowest BCUT2D eigenvalue weighted by Gasteiger charge is -2.37. The van der Waals surface area contributed by atoms with E-state index in [2.05, 4.69) is 6.07 Å². The van der Waals surface area contributed by atoms with Crippen LogP contribution in [-0.4, -0.2) is 18.7 Å². The number of ether oxygens (including phenoxy) is 3. The Morgan fingerprint density at radius 1 is 1.14 bits per heavy atom. The standard InChI is InChI=1S/C21H18N4O3/c1-12-18-19(13-7-8-16-17(9-13)27-11-26-16)15(10-22)20(23)28-21(18)25(24-12)14-5-3-2-4-6-14/h2-9,18-19,21H,11,23H2,1H3/t18-,19+,21+/m0/s1. The highest BCUT2D eigenvalue weighted by molar-refractivity contribution is 5.90. The van der Waals surface area contributed by atoms with Gasteiger partial charge in [0.1, 0.15) is 6.07 Å². The summed E-state index contributed by atoms with van der Waals surface area (Å²) in [6, 6.07) is 17.8. The number of benzene rings is 2. The smallest absolute Gasteiger partial charge is 0.231 e. The zero-order valence-corrected chi connectivity index (χ0v) is 15.2. The molecule has 3 atom stereocenters. The number of nitrogens with two attached hydrogens (primary N) is 1. The van der Waals surface area contributed by atoms with Crippen molar-refractivity contribution in [2.75, 3.05) is 11.8 Å². The summed E-state index contributed by atoms with van der Waals surface area (Å²) in [5.41, 5.74) is 9.30. The van der Waals surface area contributed by atoms with Gasteiger partial charge in [-0.15, -0.1) is 0 Å². The molecule has 5 rings (SSSR count). The average molecular weight is 374 g/mol. The number of para-hydroxylation sites is 1. The molecule has 3 aliphatic heterocycles. The van der Waals surface area contributed by atoms with Gasteiger partial charge in [0.2, 0.25) is 18.9 Å². The molecule has 0 aliphatic carbocycles. The van der Waals surface area contributed by atoms with Crippen molar-refractivity contribution in [2.24, 2.45) is 16.8 Å². The maximum Gasteiger partial charge on any atom is 0.231 e. The van der Waals surface area contributed by atoms with Gasteiger partial charge in [-0.2, -0.15) is 10.4 Å². The van der Waals surface area contributed by atoms with E-state index in [1.807, 2.05) is 60.5 Å². The van der Waals surface area contributed by atoms with E-state index >= 15 is 0 Å². The van der Waals surface area contributed by atoms with Crippen LogP contribution in [0, 0.1) is 17.2 Å². The third-order valence-corrected chi connectivity index (χ3v) is 5.38. The molecule has 0 amide bonds. The lowest BCUT2D eigenvalue weighted by atomic mass is 9.76. The fourth-order valence-electron chi connectivity index (χ4n) is 4.10. The molecule has 7 nitrogen and oxygen atoms in total. The zero-order valence-electron chi connectivity index (χ0n) is 15.2. The molecule has 0 saturated heterocycles. The molecule has 0 bridgehead atoms. The van der Waals surface area contributed by atoms with Crippen molar-refractivity contribution in [3.63, 3.8) is 0 Å². The van der Waals surface area contributed by atoms with Gasteiger partial charge < -0.3 is 19.9 Å². The first-order chi connectivity index (χ1) is 13.7. The van der Waals surface area contributed by atoms with Gasteiger partial charge in [-0.3, -0.25) is 0 Å². The Labute approximate surface area is 162 Å². The van der Waals surface area contributed by atoms with Crippen LogP contribution in [0.15, 0.2) is 65.1 Å².